The molecule has 0 saturated carbocycles. The van der Waals surface area contributed by atoms with E-state index in [1.807, 2.05) is 0 Å². The first-order chi connectivity index (χ1) is 8.54. The van der Waals surface area contributed by atoms with Gasteiger partial charge in [0.1, 0.15) is 0 Å². The molecule has 9 heteroatoms. The molecule has 1 heterocycles. The van der Waals surface area contributed by atoms with Crippen molar-refractivity contribution in [1.82, 2.24) is 0 Å². The van der Waals surface area contributed by atoms with E-state index < -0.39 is 13.8 Å². The Balaban J connectivity index is 0. The number of ether oxygens (including phenoxy) is 1. The number of carbonyl (C=O) groups is 2. The molecular weight excluding hydrogens is 279 g/mol. The van der Waals surface area contributed by atoms with Crippen LogP contribution < -0.4 is 0 Å². The molecule has 0 unspecified atom stereocenters. The van der Waals surface area contributed by atoms with Crippen LogP contribution in [0.2, 0.25) is 0 Å². The van der Waals surface area contributed by atoms with E-state index in [9.17, 15) is 9.59 Å². The predicted octanol–water partition coefficient (Wildman–Crippen LogP) is 0.822. The molecule has 1 aliphatic rings. The Bertz CT molecular complexity index is 315. The van der Waals surface area contributed by atoms with Gasteiger partial charge in [0.05, 0.1) is 6.61 Å². The minimum atomic E-state index is -4.64. The summed E-state index contributed by atoms with van der Waals surface area (Å²) < 4.78 is 13.6. The molecule has 0 radical (unpaired) electrons. The molecule has 19 heavy (non-hydrogen) atoms. The number of cyclic esters (lactones) is 1. The molecule has 0 aliphatic carbocycles. The lowest BCUT2D eigenvalue weighted by atomic mass is 10.2. The molecule has 1 saturated heterocycles. The number of esters is 1. The highest BCUT2D eigenvalue weighted by molar-refractivity contribution is 7.45. The molecule has 8 nitrogen and oxygen atoms in total. The highest BCUT2D eigenvalue weighted by Gasteiger charge is 2.05. The van der Waals surface area contributed by atoms with E-state index in [1.54, 1.807) is 0 Å². The first-order valence-electron chi connectivity index (χ1n) is 5.36. The highest BCUT2D eigenvalue weighted by atomic mass is 31.2. The summed E-state index contributed by atoms with van der Waals surface area (Å²) in [6.45, 7) is 5.24. The first kappa shape index (κ1) is 20.1. The lowest BCUT2D eigenvalue weighted by molar-refractivity contribution is -0.142. The minimum Gasteiger partial charge on any atom is -0.478 e. The van der Waals surface area contributed by atoms with E-state index in [0.29, 0.717) is 13.0 Å². The Morgan fingerprint density at radius 1 is 1.26 bits per heavy atom. The van der Waals surface area contributed by atoms with Gasteiger partial charge in [-0.1, -0.05) is 6.58 Å². The van der Waals surface area contributed by atoms with Crippen molar-refractivity contribution >= 4 is 19.8 Å². The van der Waals surface area contributed by atoms with Gasteiger partial charge in [-0.25, -0.2) is 9.36 Å². The number of hydrogen-bond acceptors (Lipinski definition) is 4. The Morgan fingerprint density at radius 3 is 2.05 bits per heavy atom. The number of rotatable bonds is 1. The van der Waals surface area contributed by atoms with Crippen LogP contribution in [-0.4, -0.2) is 38.3 Å². The number of hydrogen-bond donors (Lipinski definition) is 4. The van der Waals surface area contributed by atoms with Crippen molar-refractivity contribution in [2.45, 2.75) is 32.6 Å². The average Bonchev–Trinajstić information content (AvgIpc) is 2.44. The van der Waals surface area contributed by atoms with E-state index in [0.717, 1.165) is 19.3 Å². The second-order valence-electron chi connectivity index (χ2n) is 3.63. The largest absolute Gasteiger partial charge is 0.478 e. The Kier molecular flexibility index (Phi) is 11.3. The summed E-state index contributed by atoms with van der Waals surface area (Å²) in [4.78, 5) is 41.6. The van der Waals surface area contributed by atoms with Gasteiger partial charge in [-0.3, -0.25) is 4.79 Å². The van der Waals surface area contributed by atoms with Gasteiger partial charge < -0.3 is 24.5 Å². The first-order valence-corrected chi connectivity index (χ1v) is 6.93. The summed E-state index contributed by atoms with van der Waals surface area (Å²) in [5.74, 6) is -0.961. The highest BCUT2D eigenvalue weighted by Crippen LogP contribution is 2.25. The fourth-order valence-corrected chi connectivity index (χ4v) is 0.806. The van der Waals surface area contributed by atoms with Gasteiger partial charge in [0.25, 0.3) is 0 Å². The lowest BCUT2D eigenvalue weighted by Crippen LogP contribution is -2.00. The Hall–Kier alpha value is -1.21. The van der Waals surface area contributed by atoms with Gasteiger partial charge in [0.15, 0.2) is 0 Å². The van der Waals surface area contributed by atoms with E-state index in [1.165, 1.54) is 6.92 Å². The topological polar surface area (TPSA) is 141 Å². The van der Waals surface area contributed by atoms with Gasteiger partial charge in [-0.2, -0.15) is 0 Å². The van der Waals surface area contributed by atoms with Crippen molar-refractivity contribution in [1.29, 1.82) is 0 Å². The number of aliphatic carboxylic acids is 1. The zero-order valence-electron chi connectivity index (χ0n) is 10.6. The van der Waals surface area contributed by atoms with Gasteiger partial charge >= 0.3 is 19.8 Å². The van der Waals surface area contributed by atoms with Gasteiger partial charge in [0, 0.05) is 12.0 Å². The molecule has 1 rings (SSSR count). The molecule has 0 amide bonds. The third-order valence-electron chi connectivity index (χ3n) is 1.65. The van der Waals surface area contributed by atoms with Crippen LogP contribution in [0.3, 0.4) is 0 Å². The number of phosphoric acid groups is 1. The molecule has 0 aromatic heterocycles. The van der Waals surface area contributed by atoms with Crippen LogP contribution in [0.4, 0.5) is 0 Å². The fourth-order valence-electron chi connectivity index (χ4n) is 0.806. The maximum atomic E-state index is 10.5. The van der Waals surface area contributed by atoms with Crippen molar-refractivity contribution in [2.24, 2.45) is 0 Å². The molecular formula is C10H19O8P. The minimum absolute atomic E-state index is 0.0255. The summed E-state index contributed by atoms with van der Waals surface area (Å²) in [6.07, 6.45) is 3.83. The van der Waals surface area contributed by atoms with Gasteiger partial charge in [-0.05, 0) is 26.2 Å². The molecule has 4 N–H and O–H groups in total. The predicted molar refractivity (Wildman–Crippen MR) is 66.1 cm³/mol. The van der Waals surface area contributed by atoms with E-state index in [-0.39, 0.29) is 11.5 Å². The molecule has 0 aromatic carbocycles. The monoisotopic (exact) mass is 298 g/mol. The zero-order chi connectivity index (χ0) is 15.5. The molecule has 0 spiro atoms. The maximum absolute atomic E-state index is 10.5. The molecule has 1 aliphatic heterocycles. The quantitative estimate of drug-likeness (QED) is 0.317. The van der Waals surface area contributed by atoms with Gasteiger partial charge in [0.2, 0.25) is 0 Å². The standard InChI is InChI=1S/C6H10O2.C4H6O2.H3O4P/c7-6-4-2-1-3-5-8-6;1-3(2)4(5)6;1-5(2,3)4/h1-5H2;1H2,2H3,(H,5,6);(H3,1,2,3,4). The van der Waals surface area contributed by atoms with Crippen molar-refractivity contribution in [3.63, 3.8) is 0 Å². The Labute approximate surface area is 111 Å². The molecule has 1 fully saturated rings. The molecule has 0 aromatic rings. The summed E-state index contributed by atoms with van der Waals surface area (Å²) in [5.41, 5.74) is 0.176. The summed E-state index contributed by atoms with van der Waals surface area (Å²) in [5, 5.41) is 7.89. The van der Waals surface area contributed by atoms with Crippen molar-refractivity contribution in [2.75, 3.05) is 6.61 Å². The Morgan fingerprint density at radius 2 is 1.68 bits per heavy atom. The van der Waals surface area contributed by atoms with E-state index >= 15 is 0 Å². The maximum Gasteiger partial charge on any atom is 0.466 e. The van der Waals surface area contributed by atoms with Crippen molar-refractivity contribution in [3.8, 4) is 0 Å². The number of carboxylic acids is 1. The van der Waals surface area contributed by atoms with Gasteiger partial charge in [-0.15, -0.1) is 0 Å². The third-order valence-corrected chi connectivity index (χ3v) is 1.65. The van der Waals surface area contributed by atoms with Crippen LogP contribution in [0.15, 0.2) is 12.2 Å². The molecule has 112 valence electrons. The van der Waals surface area contributed by atoms with Crippen LogP contribution in [0.1, 0.15) is 32.6 Å². The average molecular weight is 298 g/mol. The fraction of sp³-hybridized carbons (Fsp3) is 0.600. The van der Waals surface area contributed by atoms with E-state index in [2.05, 4.69) is 6.58 Å². The lowest BCUT2D eigenvalue weighted by Gasteiger charge is -1.93. The van der Waals surface area contributed by atoms with Crippen molar-refractivity contribution < 1.29 is 38.7 Å². The van der Waals surface area contributed by atoms with E-state index in [4.69, 9.17) is 29.1 Å². The molecule has 0 bridgehead atoms. The van der Waals surface area contributed by atoms with Crippen LogP contribution in [0.25, 0.3) is 0 Å². The van der Waals surface area contributed by atoms with Crippen LogP contribution in [0, 0.1) is 0 Å². The summed E-state index contributed by atoms with van der Waals surface area (Å²) in [6, 6.07) is 0. The second-order valence-corrected chi connectivity index (χ2v) is 4.66. The van der Waals surface area contributed by atoms with Crippen LogP contribution in [0.5, 0.6) is 0 Å². The van der Waals surface area contributed by atoms with Crippen LogP contribution >= 0.6 is 7.82 Å². The van der Waals surface area contributed by atoms with Crippen molar-refractivity contribution in [3.05, 3.63) is 12.2 Å². The zero-order valence-corrected chi connectivity index (χ0v) is 11.5. The normalized spacial score (nSPS) is 14.6. The number of carbonyl (C=O) groups excluding carboxylic acids is 1. The SMILES string of the molecule is C=C(C)C(=O)O.O=C1CCCCCO1.O=P(O)(O)O. The number of carboxylic acid groups (broad SMARTS) is 1. The smallest absolute Gasteiger partial charge is 0.466 e. The third kappa shape index (κ3) is 26.4. The molecule has 0 atom stereocenters. The summed E-state index contributed by atoms with van der Waals surface area (Å²) in [7, 11) is -4.64. The second kappa shape index (κ2) is 10.7. The van der Waals surface area contributed by atoms with Crippen LogP contribution in [-0.2, 0) is 18.9 Å². The summed E-state index contributed by atoms with van der Waals surface area (Å²) >= 11 is 0.